The van der Waals surface area contributed by atoms with Crippen molar-refractivity contribution in [3.63, 3.8) is 0 Å². The first-order chi connectivity index (χ1) is 8.65. The molecule has 0 aliphatic carbocycles. The van der Waals surface area contributed by atoms with Crippen molar-refractivity contribution in [2.45, 2.75) is 19.4 Å². The molecule has 0 saturated heterocycles. The van der Waals surface area contributed by atoms with E-state index in [-0.39, 0.29) is 11.9 Å². The van der Waals surface area contributed by atoms with Crippen molar-refractivity contribution in [1.29, 1.82) is 0 Å². The molecule has 0 aliphatic heterocycles. The van der Waals surface area contributed by atoms with Crippen LogP contribution in [0.2, 0.25) is 0 Å². The number of nitrogens with one attached hydrogen (secondary N) is 1. The fraction of sp³-hybridized carbons (Fsp3) is 0.333. The molecule has 96 valence electrons. The van der Waals surface area contributed by atoms with E-state index in [0.717, 1.165) is 5.13 Å². The highest BCUT2D eigenvalue weighted by Crippen LogP contribution is 2.15. The van der Waals surface area contributed by atoms with E-state index in [2.05, 4.69) is 14.7 Å². The van der Waals surface area contributed by atoms with Crippen molar-refractivity contribution >= 4 is 16.7 Å². The molecule has 4 nitrogen and oxygen atoms in total. The van der Waals surface area contributed by atoms with Crippen LogP contribution in [0.3, 0.4) is 0 Å². The number of aromatic nitrogens is 2. The number of hydrogen-bond acceptors (Lipinski definition) is 5. The van der Waals surface area contributed by atoms with Gasteiger partial charge in [-0.25, -0.2) is 9.37 Å². The standard InChI is InChI=1S/C12H15FN4S/c1-8(14)7-15-12-16-11(17-18-12)6-9-4-2-3-5-10(9)13/h2-5,8H,6-7,14H2,1H3,(H,15,16,17). The van der Waals surface area contributed by atoms with Crippen LogP contribution in [0.5, 0.6) is 0 Å². The van der Waals surface area contributed by atoms with Crippen LogP contribution in [0.25, 0.3) is 0 Å². The largest absolute Gasteiger partial charge is 0.359 e. The molecule has 0 bridgehead atoms. The van der Waals surface area contributed by atoms with Gasteiger partial charge in [-0.15, -0.1) is 0 Å². The van der Waals surface area contributed by atoms with Gasteiger partial charge in [0, 0.05) is 30.5 Å². The number of halogens is 1. The van der Waals surface area contributed by atoms with E-state index >= 15 is 0 Å². The minimum atomic E-state index is -0.225. The van der Waals surface area contributed by atoms with E-state index < -0.39 is 0 Å². The Labute approximate surface area is 109 Å². The number of rotatable bonds is 5. The third kappa shape index (κ3) is 3.48. The molecule has 0 saturated carbocycles. The first kappa shape index (κ1) is 12.9. The number of hydrogen-bond donors (Lipinski definition) is 2. The van der Waals surface area contributed by atoms with Crippen LogP contribution in [0.4, 0.5) is 9.52 Å². The molecular weight excluding hydrogens is 251 g/mol. The number of nitrogens with zero attached hydrogens (tertiary/aromatic N) is 2. The molecule has 2 rings (SSSR count). The van der Waals surface area contributed by atoms with E-state index in [1.807, 2.05) is 6.92 Å². The maximum Gasteiger partial charge on any atom is 0.202 e. The molecule has 0 spiro atoms. The fourth-order valence-corrected chi connectivity index (χ4v) is 2.05. The SMILES string of the molecule is CC(N)CNc1nc(Cc2ccccc2F)ns1. The second-order valence-corrected chi connectivity index (χ2v) is 4.89. The molecular formula is C12H15FN4S. The van der Waals surface area contributed by atoms with Crippen molar-refractivity contribution in [2.75, 3.05) is 11.9 Å². The molecule has 0 fully saturated rings. The van der Waals surface area contributed by atoms with Gasteiger partial charge in [0.05, 0.1) is 0 Å². The van der Waals surface area contributed by atoms with Crippen LogP contribution in [0, 0.1) is 5.82 Å². The Bertz CT molecular complexity index is 512. The Hall–Kier alpha value is -1.53. The predicted molar refractivity (Wildman–Crippen MR) is 71.3 cm³/mol. The summed E-state index contributed by atoms with van der Waals surface area (Å²) in [5, 5.41) is 3.81. The van der Waals surface area contributed by atoms with E-state index in [4.69, 9.17) is 5.73 Å². The molecule has 1 heterocycles. The molecule has 1 unspecified atom stereocenters. The molecule has 6 heteroatoms. The van der Waals surface area contributed by atoms with E-state index in [1.54, 1.807) is 18.2 Å². The maximum absolute atomic E-state index is 13.5. The summed E-state index contributed by atoms with van der Waals surface area (Å²) in [6.45, 7) is 2.56. The quantitative estimate of drug-likeness (QED) is 0.869. The summed E-state index contributed by atoms with van der Waals surface area (Å²) in [5.41, 5.74) is 6.24. The lowest BCUT2D eigenvalue weighted by Crippen LogP contribution is -2.25. The average Bonchev–Trinajstić information content (AvgIpc) is 2.77. The minimum Gasteiger partial charge on any atom is -0.359 e. The zero-order valence-corrected chi connectivity index (χ0v) is 10.9. The zero-order valence-electron chi connectivity index (χ0n) is 10.1. The van der Waals surface area contributed by atoms with Crippen molar-refractivity contribution in [2.24, 2.45) is 5.73 Å². The topological polar surface area (TPSA) is 63.8 Å². The summed E-state index contributed by atoms with van der Waals surface area (Å²) in [7, 11) is 0. The van der Waals surface area contributed by atoms with Gasteiger partial charge in [0.2, 0.25) is 5.13 Å². The van der Waals surface area contributed by atoms with Crippen LogP contribution in [0.15, 0.2) is 24.3 Å². The van der Waals surface area contributed by atoms with Gasteiger partial charge in [0.15, 0.2) is 0 Å². The highest BCUT2D eigenvalue weighted by atomic mass is 32.1. The van der Waals surface area contributed by atoms with Crippen molar-refractivity contribution in [3.8, 4) is 0 Å². The Morgan fingerprint density at radius 2 is 2.22 bits per heavy atom. The van der Waals surface area contributed by atoms with Crippen molar-refractivity contribution in [1.82, 2.24) is 9.36 Å². The Balaban J connectivity index is 2.00. The normalized spacial score (nSPS) is 12.4. The van der Waals surface area contributed by atoms with Gasteiger partial charge in [-0.2, -0.15) is 4.37 Å². The summed E-state index contributed by atoms with van der Waals surface area (Å²) >= 11 is 1.27. The van der Waals surface area contributed by atoms with Gasteiger partial charge in [0.25, 0.3) is 0 Å². The van der Waals surface area contributed by atoms with Crippen molar-refractivity contribution < 1.29 is 4.39 Å². The lowest BCUT2D eigenvalue weighted by Gasteiger charge is -2.04. The minimum absolute atomic E-state index is 0.0592. The van der Waals surface area contributed by atoms with Gasteiger partial charge in [0.1, 0.15) is 11.6 Å². The van der Waals surface area contributed by atoms with E-state index in [1.165, 1.54) is 17.6 Å². The molecule has 1 aromatic heterocycles. The molecule has 0 aliphatic rings. The highest BCUT2D eigenvalue weighted by Gasteiger charge is 2.08. The lowest BCUT2D eigenvalue weighted by molar-refractivity contribution is 0.612. The molecule has 1 atom stereocenters. The van der Waals surface area contributed by atoms with E-state index in [9.17, 15) is 4.39 Å². The molecule has 1 aromatic carbocycles. The van der Waals surface area contributed by atoms with Gasteiger partial charge >= 0.3 is 0 Å². The lowest BCUT2D eigenvalue weighted by atomic mass is 10.1. The molecule has 18 heavy (non-hydrogen) atoms. The molecule has 0 amide bonds. The third-order valence-corrected chi connectivity index (χ3v) is 3.06. The summed E-state index contributed by atoms with van der Waals surface area (Å²) in [6, 6.07) is 6.72. The highest BCUT2D eigenvalue weighted by molar-refractivity contribution is 7.09. The fourth-order valence-electron chi connectivity index (χ4n) is 1.46. The maximum atomic E-state index is 13.5. The van der Waals surface area contributed by atoms with Gasteiger partial charge < -0.3 is 11.1 Å². The van der Waals surface area contributed by atoms with Gasteiger partial charge in [-0.1, -0.05) is 18.2 Å². The Morgan fingerprint density at radius 1 is 1.44 bits per heavy atom. The second kappa shape index (κ2) is 5.88. The smallest absolute Gasteiger partial charge is 0.202 e. The summed E-state index contributed by atoms with van der Waals surface area (Å²) in [4.78, 5) is 4.29. The number of anilines is 1. The number of nitrogens with two attached hydrogens (primary N) is 1. The van der Waals surface area contributed by atoms with Gasteiger partial charge in [-0.05, 0) is 18.6 Å². The summed E-state index contributed by atoms with van der Waals surface area (Å²) in [5.74, 6) is 0.398. The second-order valence-electron chi connectivity index (χ2n) is 4.14. The first-order valence-corrected chi connectivity index (χ1v) is 6.48. The zero-order chi connectivity index (χ0) is 13.0. The monoisotopic (exact) mass is 266 g/mol. The molecule has 3 N–H and O–H groups in total. The van der Waals surface area contributed by atoms with Crippen LogP contribution >= 0.6 is 11.5 Å². The number of benzene rings is 1. The average molecular weight is 266 g/mol. The molecule has 2 aromatic rings. The predicted octanol–water partition coefficient (Wildman–Crippen LogP) is 2.03. The summed E-state index contributed by atoms with van der Waals surface area (Å²) in [6.07, 6.45) is 0.406. The Morgan fingerprint density at radius 3 is 2.94 bits per heavy atom. The van der Waals surface area contributed by atoms with Crippen LogP contribution < -0.4 is 11.1 Å². The van der Waals surface area contributed by atoms with Gasteiger partial charge in [-0.3, -0.25) is 0 Å². The molecule has 0 radical (unpaired) electrons. The van der Waals surface area contributed by atoms with E-state index in [0.29, 0.717) is 24.4 Å². The van der Waals surface area contributed by atoms with Crippen molar-refractivity contribution in [3.05, 3.63) is 41.5 Å². The Kier molecular flexibility index (Phi) is 4.22. The summed E-state index contributed by atoms with van der Waals surface area (Å²) < 4.78 is 17.6. The van der Waals surface area contributed by atoms with Crippen LogP contribution in [0.1, 0.15) is 18.3 Å². The van der Waals surface area contributed by atoms with Crippen LogP contribution in [-0.4, -0.2) is 21.9 Å². The first-order valence-electron chi connectivity index (χ1n) is 5.70. The van der Waals surface area contributed by atoms with Crippen LogP contribution in [-0.2, 0) is 6.42 Å². The third-order valence-electron chi connectivity index (χ3n) is 2.35.